The summed E-state index contributed by atoms with van der Waals surface area (Å²) in [4.78, 5) is 15.6. The summed E-state index contributed by atoms with van der Waals surface area (Å²) >= 11 is 0. The summed E-state index contributed by atoms with van der Waals surface area (Å²) in [6.45, 7) is 2.08. The molecule has 0 aliphatic rings. The van der Waals surface area contributed by atoms with Crippen LogP contribution in [0.3, 0.4) is 0 Å². The van der Waals surface area contributed by atoms with Gasteiger partial charge in [-0.1, -0.05) is 0 Å². The molecule has 2 aromatic rings. The Labute approximate surface area is 105 Å². The number of aromatic nitrogens is 3. The molecular weight excluding hydrogens is 230 g/mol. The van der Waals surface area contributed by atoms with E-state index >= 15 is 0 Å². The lowest BCUT2D eigenvalue weighted by Crippen LogP contribution is -2.37. The monoisotopic (exact) mass is 245 g/mol. The lowest BCUT2D eigenvalue weighted by Gasteiger charge is -2.08. The number of carbonyl (C=O) groups is 1. The van der Waals surface area contributed by atoms with Crippen molar-refractivity contribution in [3.05, 3.63) is 42.4 Å². The second kappa shape index (κ2) is 5.42. The second-order valence-electron chi connectivity index (χ2n) is 3.98. The zero-order chi connectivity index (χ0) is 13.0. The Morgan fingerprint density at radius 3 is 3.06 bits per heavy atom. The average molecular weight is 245 g/mol. The lowest BCUT2D eigenvalue weighted by molar-refractivity contribution is -0.122. The van der Waals surface area contributed by atoms with Crippen LogP contribution in [0.2, 0.25) is 0 Å². The van der Waals surface area contributed by atoms with Gasteiger partial charge in [-0.25, -0.2) is 9.67 Å². The van der Waals surface area contributed by atoms with Gasteiger partial charge >= 0.3 is 0 Å². The van der Waals surface area contributed by atoms with E-state index in [1.165, 1.54) is 0 Å². The van der Waals surface area contributed by atoms with E-state index in [1.54, 1.807) is 24.0 Å². The zero-order valence-corrected chi connectivity index (χ0v) is 10.1. The summed E-state index contributed by atoms with van der Waals surface area (Å²) in [5.41, 5.74) is 6.42. The van der Waals surface area contributed by atoms with Gasteiger partial charge < -0.3 is 11.1 Å². The predicted molar refractivity (Wildman–Crippen MR) is 66.9 cm³/mol. The Morgan fingerprint density at radius 1 is 1.56 bits per heavy atom. The summed E-state index contributed by atoms with van der Waals surface area (Å²) in [6.07, 6.45) is 5.18. The third kappa shape index (κ3) is 2.92. The number of nitrogens with zero attached hydrogens (tertiary/aromatic N) is 3. The highest BCUT2D eigenvalue weighted by Gasteiger charge is 2.06. The first-order valence-electron chi connectivity index (χ1n) is 5.65. The summed E-state index contributed by atoms with van der Waals surface area (Å²) in [7, 11) is 0. The molecule has 18 heavy (non-hydrogen) atoms. The highest BCUT2D eigenvalue weighted by molar-refractivity contribution is 5.80. The number of amides is 1. The van der Waals surface area contributed by atoms with Gasteiger partial charge in [-0.3, -0.25) is 4.79 Å². The van der Waals surface area contributed by atoms with E-state index < -0.39 is 6.04 Å². The first-order chi connectivity index (χ1) is 8.66. The topological polar surface area (TPSA) is 85.8 Å². The van der Waals surface area contributed by atoms with Crippen molar-refractivity contribution in [3.8, 4) is 5.82 Å². The fourth-order valence-corrected chi connectivity index (χ4v) is 1.45. The van der Waals surface area contributed by atoms with Crippen molar-refractivity contribution in [2.75, 3.05) is 0 Å². The van der Waals surface area contributed by atoms with Crippen LogP contribution in [-0.4, -0.2) is 26.7 Å². The van der Waals surface area contributed by atoms with Crippen LogP contribution in [0.25, 0.3) is 5.82 Å². The molecule has 2 aromatic heterocycles. The van der Waals surface area contributed by atoms with Gasteiger partial charge in [0.1, 0.15) is 0 Å². The van der Waals surface area contributed by atoms with Gasteiger partial charge in [0.05, 0.1) is 6.04 Å². The van der Waals surface area contributed by atoms with Gasteiger partial charge in [0.2, 0.25) is 5.91 Å². The predicted octanol–water partition coefficient (Wildman–Crippen LogP) is 0.231. The smallest absolute Gasteiger partial charge is 0.236 e. The lowest BCUT2D eigenvalue weighted by atomic mass is 10.2. The Balaban J connectivity index is 2.06. The Hall–Kier alpha value is -2.21. The molecule has 0 fully saturated rings. The van der Waals surface area contributed by atoms with Gasteiger partial charge in [-0.15, -0.1) is 0 Å². The van der Waals surface area contributed by atoms with Crippen molar-refractivity contribution in [1.82, 2.24) is 20.1 Å². The van der Waals surface area contributed by atoms with E-state index in [9.17, 15) is 4.79 Å². The Bertz CT molecular complexity index is 521. The first-order valence-corrected chi connectivity index (χ1v) is 5.65. The van der Waals surface area contributed by atoms with Crippen LogP contribution in [0.5, 0.6) is 0 Å². The summed E-state index contributed by atoms with van der Waals surface area (Å²) in [5.74, 6) is 0.542. The molecule has 1 unspecified atom stereocenters. The van der Waals surface area contributed by atoms with E-state index in [2.05, 4.69) is 15.4 Å². The van der Waals surface area contributed by atoms with E-state index in [-0.39, 0.29) is 5.91 Å². The van der Waals surface area contributed by atoms with Crippen molar-refractivity contribution < 1.29 is 4.79 Å². The van der Waals surface area contributed by atoms with E-state index in [1.807, 2.05) is 24.4 Å². The number of hydrogen-bond donors (Lipinski definition) is 2. The van der Waals surface area contributed by atoms with Crippen molar-refractivity contribution in [3.63, 3.8) is 0 Å². The molecule has 0 aliphatic carbocycles. The normalized spacial score (nSPS) is 12.1. The summed E-state index contributed by atoms with van der Waals surface area (Å²) in [6, 6.07) is 5.03. The van der Waals surface area contributed by atoms with Crippen molar-refractivity contribution in [2.45, 2.75) is 19.5 Å². The first kappa shape index (κ1) is 12.3. The van der Waals surface area contributed by atoms with Crippen LogP contribution >= 0.6 is 0 Å². The van der Waals surface area contributed by atoms with Gasteiger partial charge in [0.15, 0.2) is 5.82 Å². The number of hydrogen-bond acceptors (Lipinski definition) is 4. The maximum atomic E-state index is 11.4. The maximum Gasteiger partial charge on any atom is 0.236 e. The molecule has 3 N–H and O–H groups in total. The molecule has 0 saturated carbocycles. The number of nitrogens with one attached hydrogen (secondary N) is 1. The van der Waals surface area contributed by atoms with Gasteiger partial charge in [0, 0.05) is 25.1 Å². The number of pyridine rings is 1. The average Bonchev–Trinajstić information content (AvgIpc) is 2.90. The fourth-order valence-electron chi connectivity index (χ4n) is 1.45. The zero-order valence-electron chi connectivity index (χ0n) is 10.1. The van der Waals surface area contributed by atoms with Crippen molar-refractivity contribution in [1.29, 1.82) is 0 Å². The second-order valence-corrected chi connectivity index (χ2v) is 3.98. The van der Waals surface area contributed by atoms with Crippen LogP contribution in [0.15, 0.2) is 36.8 Å². The van der Waals surface area contributed by atoms with E-state index in [4.69, 9.17) is 5.73 Å². The molecule has 0 spiro atoms. The fraction of sp³-hybridized carbons (Fsp3) is 0.250. The molecule has 0 aromatic carbocycles. The van der Waals surface area contributed by atoms with Gasteiger partial charge in [0.25, 0.3) is 0 Å². The standard InChI is InChI=1S/C12H15N5O/c1-9(13)12(18)15-8-10-3-5-14-11(7-10)17-6-2-4-16-17/h2-7,9H,8,13H2,1H3,(H,15,18). The maximum absolute atomic E-state index is 11.4. The number of rotatable bonds is 4. The van der Waals surface area contributed by atoms with Crippen molar-refractivity contribution >= 4 is 5.91 Å². The van der Waals surface area contributed by atoms with Gasteiger partial charge in [-0.05, 0) is 30.7 Å². The van der Waals surface area contributed by atoms with Crippen LogP contribution in [-0.2, 0) is 11.3 Å². The minimum Gasteiger partial charge on any atom is -0.351 e. The van der Waals surface area contributed by atoms with Crippen molar-refractivity contribution in [2.24, 2.45) is 5.73 Å². The molecule has 6 heteroatoms. The van der Waals surface area contributed by atoms with Gasteiger partial charge in [-0.2, -0.15) is 5.10 Å². The minimum atomic E-state index is -0.502. The quantitative estimate of drug-likeness (QED) is 0.807. The number of nitrogens with two attached hydrogens (primary N) is 1. The van der Waals surface area contributed by atoms with E-state index in [0.29, 0.717) is 12.4 Å². The third-order valence-electron chi connectivity index (χ3n) is 2.43. The highest BCUT2D eigenvalue weighted by Crippen LogP contribution is 2.05. The minimum absolute atomic E-state index is 0.174. The Morgan fingerprint density at radius 2 is 2.39 bits per heavy atom. The molecule has 2 heterocycles. The molecule has 6 nitrogen and oxygen atoms in total. The molecule has 1 amide bonds. The van der Waals surface area contributed by atoms with Crippen LogP contribution in [0, 0.1) is 0 Å². The number of carbonyl (C=O) groups excluding carboxylic acids is 1. The van der Waals surface area contributed by atoms with Crippen LogP contribution in [0.4, 0.5) is 0 Å². The third-order valence-corrected chi connectivity index (χ3v) is 2.43. The SMILES string of the molecule is CC(N)C(=O)NCc1ccnc(-n2cccn2)c1. The molecule has 0 aliphatic heterocycles. The largest absolute Gasteiger partial charge is 0.351 e. The molecule has 94 valence electrons. The Kier molecular flexibility index (Phi) is 3.69. The molecule has 0 bridgehead atoms. The molecule has 0 radical (unpaired) electrons. The molecule has 1 atom stereocenters. The van der Waals surface area contributed by atoms with Crippen LogP contribution in [0.1, 0.15) is 12.5 Å². The molecule has 0 saturated heterocycles. The summed E-state index contributed by atoms with van der Waals surface area (Å²) < 4.78 is 1.66. The van der Waals surface area contributed by atoms with Crippen LogP contribution < -0.4 is 11.1 Å². The molecule has 2 rings (SSSR count). The van der Waals surface area contributed by atoms with E-state index in [0.717, 1.165) is 5.56 Å². The highest BCUT2D eigenvalue weighted by atomic mass is 16.2. The summed E-state index contributed by atoms with van der Waals surface area (Å²) in [5, 5.41) is 6.85. The molecular formula is C12H15N5O.